The van der Waals surface area contributed by atoms with Crippen LogP contribution in [0.15, 0.2) is 24.9 Å². The summed E-state index contributed by atoms with van der Waals surface area (Å²) in [6, 6.07) is 3.25. The normalized spacial score (nSPS) is 12.5. The van der Waals surface area contributed by atoms with Gasteiger partial charge in [-0.3, -0.25) is 4.98 Å². The highest BCUT2D eigenvalue weighted by Crippen LogP contribution is 2.08. The van der Waals surface area contributed by atoms with Gasteiger partial charge in [-0.25, -0.2) is 0 Å². The van der Waals surface area contributed by atoms with Crippen LogP contribution in [-0.4, -0.2) is 16.7 Å². The molecule has 1 aromatic rings. The van der Waals surface area contributed by atoms with Gasteiger partial charge in [-0.05, 0) is 17.7 Å². The SMILES string of the molecule is C=Cc1ccnc([C@H](N)CO)c1. The van der Waals surface area contributed by atoms with Gasteiger partial charge in [-0.1, -0.05) is 12.7 Å². The van der Waals surface area contributed by atoms with E-state index >= 15 is 0 Å². The monoisotopic (exact) mass is 164 g/mol. The molecule has 0 aliphatic rings. The molecule has 0 fully saturated rings. The van der Waals surface area contributed by atoms with Crippen molar-refractivity contribution in [2.75, 3.05) is 6.61 Å². The van der Waals surface area contributed by atoms with E-state index in [4.69, 9.17) is 10.8 Å². The van der Waals surface area contributed by atoms with Crippen LogP contribution in [0, 0.1) is 0 Å². The molecular formula is C9H12N2O. The Morgan fingerprint density at radius 1 is 1.75 bits per heavy atom. The fraction of sp³-hybridized carbons (Fsp3) is 0.222. The number of nitrogens with two attached hydrogens (primary N) is 1. The lowest BCUT2D eigenvalue weighted by Crippen LogP contribution is -2.15. The average Bonchev–Trinajstić information content (AvgIpc) is 2.17. The first-order chi connectivity index (χ1) is 5.77. The molecule has 3 nitrogen and oxygen atoms in total. The molecule has 0 bridgehead atoms. The van der Waals surface area contributed by atoms with Crippen molar-refractivity contribution in [3.05, 3.63) is 36.2 Å². The smallest absolute Gasteiger partial charge is 0.0705 e. The number of rotatable bonds is 3. The van der Waals surface area contributed by atoms with Gasteiger partial charge in [0.15, 0.2) is 0 Å². The van der Waals surface area contributed by atoms with Crippen molar-refractivity contribution in [1.82, 2.24) is 4.98 Å². The Morgan fingerprint density at radius 2 is 2.50 bits per heavy atom. The maximum absolute atomic E-state index is 8.76. The highest BCUT2D eigenvalue weighted by Gasteiger charge is 2.04. The van der Waals surface area contributed by atoms with E-state index in [0.29, 0.717) is 5.69 Å². The molecule has 0 aliphatic carbocycles. The standard InChI is InChI=1S/C9H12N2O/c1-2-7-3-4-11-9(5-7)8(10)6-12/h2-5,8,12H,1,6,10H2/t8-/m1/s1. The van der Waals surface area contributed by atoms with Gasteiger partial charge in [-0.2, -0.15) is 0 Å². The van der Waals surface area contributed by atoms with Gasteiger partial charge in [0.2, 0.25) is 0 Å². The fourth-order valence-electron chi connectivity index (χ4n) is 0.889. The third-order valence-electron chi connectivity index (χ3n) is 1.62. The molecule has 0 spiro atoms. The molecule has 12 heavy (non-hydrogen) atoms. The van der Waals surface area contributed by atoms with Gasteiger partial charge >= 0.3 is 0 Å². The Bertz CT molecular complexity index is 273. The number of aliphatic hydroxyl groups excluding tert-OH is 1. The van der Waals surface area contributed by atoms with Crippen LogP contribution >= 0.6 is 0 Å². The van der Waals surface area contributed by atoms with Crippen molar-refractivity contribution in [2.24, 2.45) is 5.73 Å². The van der Waals surface area contributed by atoms with Crippen molar-refractivity contribution >= 4 is 6.08 Å². The Kier molecular flexibility index (Phi) is 2.96. The first kappa shape index (κ1) is 8.90. The molecule has 1 rings (SSSR count). The summed E-state index contributed by atoms with van der Waals surface area (Å²) in [5, 5.41) is 8.76. The zero-order chi connectivity index (χ0) is 8.97. The van der Waals surface area contributed by atoms with Gasteiger partial charge in [0, 0.05) is 6.20 Å². The topological polar surface area (TPSA) is 59.1 Å². The highest BCUT2D eigenvalue weighted by molar-refractivity contribution is 5.46. The van der Waals surface area contributed by atoms with Crippen LogP contribution in [-0.2, 0) is 0 Å². The minimum absolute atomic E-state index is 0.0897. The van der Waals surface area contributed by atoms with Gasteiger partial charge in [0.05, 0.1) is 18.3 Å². The summed E-state index contributed by atoms with van der Waals surface area (Å²) < 4.78 is 0. The number of aromatic nitrogens is 1. The molecule has 1 atom stereocenters. The minimum Gasteiger partial charge on any atom is -0.394 e. The van der Waals surface area contributed by atoms with Crippen LogP contribution in [0.25, 0.3) is 6.08 Å². The molecule has 0 aromatic carbocycles. The van der Waals surface area contributed by atoms with Crippen LogP contribution in [0.4, 0.5) is 0 Å². The molecule has 0 unspecified atom stereocenters. The second-order valence-electron chi connectivity index (χ2n) is 2.51. The highest BCUT2D eigenvalue weighted by atomic mass is 16.3. The Hall–Kier alpha value is -1.19. The number of hydrogen-bond donors (Lipinski definition) is 2. The summed E-state index contributed by atoms with van der Waals surface area (Å²) >= 11 is 0. The van der Waals surface area contributed by atoms with Crippen LogP contribution in [0.3, 0.4) is 0 Å². The number of pyridine rings is 1. The first-order valence-electron chi connectivity index (χ1n) is 3.72. The van der Waals surface area contributed by atoms with Gasteiger partial charge in [-0.15, -0.1) is 0 Å². The van der Waals surface area contributed by atoms with Crippen molar-refractivity contribution in [3.63, 3.8) is 0 Å². The van der Waals surface area contributed by atoms with E-state index in [9.17, 15) is 0 Å². The molecule has 3 N–H and O–H groups in total. The van der Waals surface area contributed by atoms with Crippen LogP contribution in [0.2, 0.25) is 0 Å². The third kappa shape index (κ3) is 1.90. The molecule has 0 radical (unpaired) electrons. The Balaban J connectivity index is 2.93. The molecule has 0 amide bonds. The zero-order valence-corrected chi connectivity index (χ0v) is 6.77. The van der Waals surface area contributed by atoms with Gasteiger partial charge in [0.1, 0.15) is 0 Å². The van der Waals surface area contributed by atoms with Crippen LogP contribution < -0.4 is 5.73 Å². The fourth-order valence-corrected chi connectivity index (χ4v) is 0.889. The lowest BCUT2D eigenvalue weighted by Gasteiger charge is -2.06. The molecule has 3 heteroatoms. The maximum Gasteiger partial charge on any atom is 0.0705 e. The second-order valence-corrected chi connectivity index (χ2v) is 2.51. The summed E-state index contributed by atoms with van der Waals surface area (Å²) in [4.78, 5) is 4.03. The van der Waals surface area contributed by atoms with E-state index in [0.717, 1.165) is 5.56 Å². The van der Waals surface area contributed by atoms with E-state index < -0.39 is 6.04 Å². The van der Waals surface area contributed by atoms with E-state index in [1.54, 1.807) is 12.3 Å². The molecule has 0 aliphatic heterocycles. The summed E-state index contributed by atoms with van der Waals surface area (Å²) in [6.07, 6.45) is 3.37. The van der Waals surface area contributed by atoms with E-state index in [-0.39, 0.29) is 6.61 Å². The maximum atomic E-state index is 8.76. The minimum atomic E-state index is -0.398. The van der Waals surface area contributed by atoms with Crippen LogP contribution in [0.1, 0.15) is 17.3 Å². The Labute approximate surface area is 71.6 Å². The quantitative estimate of drug-likeness (QED) is 0.692. The van der Waals surface area contributed by atoms with Gasteiger partial charge in [0.25, 0.3) is 0 Å². The molecule has 1 heterocycles. The van der Waals surface area contributed by atoms with Crippen LogP contribution in [0.5, 0.6) is 0 Å². The molecule has 0 saturated heterocycles. The number of nitrogens with zero attached hydrogens (tertiary/aromatic N) is 1. The molecule has 1 aromatic heterocycles. The predicted octanol–water partition coefficient (Wildman–Crippen LogP) is 0.717. The molecular weight excluding hydrogens is 152 g/mol. The summed E-state index contributed by atoms with van der Waals surface area (Å²) in [7, 11) is 0. The Morgan fingerprint density at radius 3 is 3.08 bits per heavy atom. The number of hydrogen-bond acceptors (Lipinski definition) is 3. The summed E-state index contributed by atoms with van der Waals surface area (Å²) in [5.41, 5.74) is 7.22. The lowest BCUT2D eigenvalue weighted by molar-refractivity contribution is 0.266. The lowest BCUT2D eigenvalue weighted by atomic mass is 10.1. The second kappa shape index (κ2) is 3.99. The van der Waals surface area contributed by atoms with Crippen molar-refractivity contribution in [2.45, 2.75) is 6.04 Å². The van der Waals surface area contributed by atoms with Crippen molar-refractivity contribution in [1.29, 1.82) is 0 Å². The van der Waals surface area contributed by atoms with E-state index in [1.807, 2.05) is 12.1 Å². The van der Waals surface area contributed by atoms with E-state index in [1.165, 1.54) is 0 Å². The molecule has 64 valence electrons. The summed E-state index contributed by atoms with van der Waals surface area (Å²) in [5.74, 6) is 0. The third-order valence-corrected chi connectivity index (χ3v) is 1.62. The van der Waals surface area contributed by atoms with Gasteiger partial charge < -0.3 is 10.8 Å². The predicted molar refractivity (Wildman–Crippen MR) is 48.3 cm³/mol. The average molecular weight is 164 g/mol. The summed E-state index contributed by atoms with van der Waals surface area (Å²) in [6.45, 7) is 3.54. The first-order valence-corrected chi connectivity index (χ1v) is 3.72. The van der Waals surface area contributed by atoms with Crippen molar-refractivity contribution in [3.8, 4) is 0 Å². The molecule has 0 saturated carbocycles. The number of aliphatic hydroxyl groups is 1. The van der Waals surface area contributed by atoms with Crippen molar-refractivity contribution < 1.29 is 5.11 Å². The van der Waals surface area contributed by atoms with E-state index in [2.05, 4.69) is 11.6 Å². The largest absolute Gasteiger partial charge is 0.394 e. The zero-order valence-electron chi connectivity index (χ0n) is 6.77.